The molecule has 2 rings (SSSR count). The van der Waals surface area contributed by atoms with Gasteiger partial charge < -0.3 is 14.4 Å². The van der Waals surface area contributed by atoms with Crippen LogP contribution in [-0.2, 0) is 9.53 Å². The summed E-state index contributed by atoms with van der Waals surface area (Å²) < 4.78 is 10.2. The van der Waals surface area contributed by atoms with Crippen LogP contribution >= 0.6 is 0 Å². The van der Waals surface area contributed by atoms with Gasteiger partial charge in [-0.25, -0.2) is 4.79 Å². The molecular formula is C16H18N2O3. The third-order valence-electron chi connectivity index (χ3n) is 3.42. The Morgan fingerprint density at radius 3 is 2.62 bits per heavy atom. The minimum Gasteiger partial charge on any atom is -0.497 e. The summed E-state index contributed by atoms with van der Waals surface area (Å²) >= 11 is 0. The monoisotopic (exact) mass is 286 g/mol. The summed E-state index contributed by atoms with van der Waals surface area (Å²) in [5.74, 6) is 0.341. The van der Waals surface area contributed by atoms with Crippen LogP contribution in [0.1, 0.15) is 20.3 Å². The number of methoxy groups -OCH3 is 1. The van der Waals surface area contributed by atoms with Crippen molar-refractivity contribution >= 4 is 11.7 Å². The SMILES string of the molecule is CCOC(=O)C1=C(C)CC(C#N)N1c1ccc(OC)cc1. The van der Waals surface area contributed by atoms with E-state index < -0.39 is 6.04 Å². The van der Waals surface area contributed by atoms with Gasteiger partial charge in [-0.1, -0.05) is 0 Å². The molecule has 5 nitrogen and oxygen atoms in total. The second-order valence-electron chi connectivity index (χ2n) is 4.77. The number of esters is 1. The Labute approximate surface area is 124 Å². The molecule has 0 aliphatic carbocycles. The number of nitrogens with zero attached hydrogens (tertiary/aromatic N) is 2. The van der Waals surface area contributed by atoms with E-state index in [0.29, 0.717) is 18.7 Å². The molecule has 0 amide bonds. The average molecular weight is 286 g/mol. The van der Waals surface area contributed by atoms with E-state index in [-0.39, 0.29) is 5.97 Å². The second-order valence-corrected chi connectivity index (χ2v) is 4.77. The predicted molar refractivity (Wildman–Crippen MR) is 78.8 cm³/mol. The molecule has 0 saturated carbocycles. The highest BCUT2D eigenvalue weighted by atomic mass is 16.5. The summed E-state index contributed by atoms with van der Waals surface area (Å²) in [4.78, 5) is 13.9. The van der Waals surface area contributed by atoms with Crippen LogP contribution in [0.25, 0.3) is 0 Å². The molecule has 1 heterocycles. The Hall–Kier alpha value is -2.48. The summed E-state index contributed by atoms with van der Waals surface area (Å²) in [7, 11) is 1.59. The van der Waals surface area contributed by atoms with Crippen LogP contribution in [0.4, 0.5) is 5.69 Å². The molecule has 0 bridgehead atoms. The predicted octanol–water partition coefficient (Wildman–Crippen LogP) is 2.63. The first-order valence-electron chi connectivity index (χ1n) is 6.82. The molecule has 1 aromatic rings. The average Bonchev–Trinajstić information content (AvgIpc) is 2.84. The van der Waals surface area contributed by atoms with Crippen molar-refractivity contribution in [3.8, 4) is 11.8 Å². The molecule has 5 heteroatoms. The Morgan fingerprint density at radius 2 is 2.10 bits per heavy atom. The maximum absolute atomic E-state index is 12.2. The third-order valence-corrected chi connectivity index (χ3v) is 3.42. The van der Waals surface area contributed by atoms with Crippen LogP contribution < -0.4 is 9.64 Å². The van der Waals surface area contributed by atoms with E-state index in [1.807, 2.05) is 19.1 Å². The number of carbonyl (C=O) groups excluding carboxylic acids is 1. The lowest BCUT2D eigenvalue weighted by Crippen LogP contribution is -2.32. The second kappa shape index (κ2) is 6.31. The third kappa shape index (κ3) is 2.84. The van der Waals surface area contributed by atoms with Crippen molar-refractivity contribution in [3.05, 3.63) is 35.5 Å². The van der Waals surface area contributed by atoms with Crippen molar-refractivity contribution in [2.24, 2.45) is 0 Å². The summed E-state index contributed by atoms with van der Waals surface area (Å²) in [6.07, 6.45) is 0.538. The maximum Gasteiger partial charge on any atom is 0.354 e. The Kier molecular flexibility index (Phi) is 4.49. The number of hydrogen-bond donors (Lipinski definition) is 0. The molecule has 1 atom stereocenters. The Morgan fingerprint density at radius 1 is 1.43 bits per heavy atom. The molecule has 0 radical (unpaired) electrons. The van der Waals surface area contributed by atoms with Gasteiger partial charge in [0, 0.05) is 12.1 Å². The number of rotatable bonds is 4. The van der Waals surface area contributed by atoms with Gasteiger partial charge in [-0.2, -0.15) is 5.26 Å². The number of nitriles is 1. The van der Waals surface area contributed by atoms with E-state index in [2.05, 4.69) is 6.07 Å². The van der Waals surface area contributed by atoms with Gasteiger partial charge in [-0.3, -0.25) is 0 Å². The zero-order valence-corrected chi connectivity index (χ0v) is 12.4. The van der Waals surface area contributed by atoms with Gasteiger partial charge in [0.25, 0.3) is 0 Å². The molecule has 1 aromatic carbocycles. The zero-order valence-electron chi connectivity index (χ0n) is 12.4. The first kappa shape index (κ1) is 14.9. The minimum absolute atomic E-state index is 0.309. The fourth-order valence-corrected chi connectivity index (χ4v) is 2.47. The van der Waals surface area contributed by atoms with Crippen LogP contribution in [-0.4, -0.2) is 25.7 Å². The first-order chi connectivity index (χ1) is 10.1. The summed E-state index contributed by atoms with van der Waals surface area (Å²) in [6, 6.07) is 9.13. The van der Waals surface area contributed by atoms with Gasteiger partial charge in [0.2, 0.25) is 0 Å². The number of carbonyl (C=O) groups is 1. The number of ether oxygens (including phenoxy) is 2. The number of hydrogen-bond acceptors (Lipinski definition) is 5. The first-order valence-corrected chi connectivity index (χ1v) is 6.82. The topological polar surface area (TPSA) is 62.6 Å². The lowest BCUT2D eigenvalue weighted by molar-refractivity contribution is -0.138. The van der Waals surface area contributed by atoms with Gasteiger partial charge in [0.05, 0.1) is 19.8 Å². The van der Waals surface area contributed by atoms with E-state index in [4.69, 9.17) is 9.47 Å². The quantitative estimate of drug-likeness (QED) is 0.796. The van der Waals surface area contributed by atoms with Crippen LogP contribution in [0, 0.1) is 11.3 Å². The van der Waals surface area contributed by atoms with Gasteiger partial charge in [0.15, 0.2) is 0 Å². The van der Waals surface area contributed by atoms with Crippen molar-refractivity contribution in [1.82, 2.24) is 0 Å². The van der Waals surface area contributed by atoms with E-state index in [0.717, 1.165) is 17.0 Å². The van der Waals surface area contributed by atoms with Crippen molar-refractivity contribution in [3.63, 3.8) is 0 Å². The minimum atomic E-state index is -0.391. The van der Waals surface area contributed by atoms with Gasteiger partial charge in [-0.15, -0.1) is 0 Å². The van der Waals surface area contributed by atoms with Crippen molar-refractivity contribution < 1.29 is 14.3 Å². The fourth-order valence-electron chi connectivity index (χ4n) is 2.47. The molecule has 1 aliphatic heterocycles. The van der Waals surface area contributed by atoms with Gasteiger partial charge in [0.1, 0.15) is 17.5 Å². The summed E-state index contributed by atoms with van der Waals surface area (Å²) in [5.41, 5.74) is 2.12. The largest absolute Gasteiger partial charge is 0.497 e. The van der Waals surface area contributed by atoms with Crippen LogP contribution in [0.3, 0.4) is 0 Å². The number of benzene rings is 1. The van der Waals surface area contributed by atoms with E-state index in [1.165, 1.54) is 0 Å². The summed E-state index contributed by atoms with van der Waals surface area (Å²) in [6.45, 7) is 3.94. The van der Waals surface area contributed by atoms with E-state index in [1.54, 1.807) is 31.1 Å². The van der Waals surface area contributed by atoms with Gasteiger partial charge in [-0.05, 0) is 43.7 Å². The highest BCUT2D eigenvalue weighted by molar-refractivity contribution is 5.95. The summed E-state index contributed by atoms with van der Waals surface area (Å²) in [5, 5.41) is 9.35. The van der Waals surface area contributed by atoms with Crippen LogP contribution in [0.2, 0.25) is 0 Å². The van der Waals surface area contributed by atoms with Gasteiger partial charge >= 0.3 is 5.97 Å². The van der Waals surface area contributed by atoms with Crippen LogP contribution in [0.5, 0.6) is 5.75 Å². The molecule has 0 spiro atoms. The Bertz CT molecular complexity index is 599. The van der Waals surface area contributed by atoms with Crippen molar-refractivity contribution in [2.45, 2.75) is 26.3 Å². The molecule has 21 heavy (non-hydrogen) atoms. The Balaban J connectivity index is 2.40. The molecule has 0 saturated heterocycles. The van der Waals surface area contributed by atoms with Crippen LogP contribution in [0.15, 0.2) is 35.5 Å². The maximum atomic E-state index is 12.2. The molecule has 0 fully saturated rings. The van der Waals surface area contributed by atoms with E-state index in [9.17, 15) is 10.1 Å². The smallest absolute Gasteiger partial charge is 0.354 e. The highest BCUT2D eigenvalue weighted by Gasteiger charge is 2.35. The lowest BCUT2D eigenvalue weighted by Gasteiger charge is -2.25. The molecule has 1 unspecified atom stereocenters. The van der Waals surface area contributed by atoms with Crippen molar-refractivity contribution in [1.29, 1.82) is 5.26 Å². The zero-order chi connectivity index (χ0) is 15.4. The normalized spacial score (nSPS) is 17.6. The lowest BCUT2D eigenvalue weighted by atomic mass is 10.1. The molecule has 110 valence electrons. The fraction of sp³-hybridized carbons (Fsp3) is 0.375. The molecule has 0 aromatic heterocycles. The molecular weight excluding hydrogens is 268 g/mol. The van der Waals surface area contributed by atoms with E-state index >= 15 is 0 Å². The standard InChI is InChI=1S/C16H18N2O3/c1-4-21-16(19)15-11(2)9-13(10-17)18(15)12-5-7-14(20-3)8-6-12/h5-8,13H,4,9H2,1-3H3. The number of anilines is 1. The highest BCUT2D eigenvalue weighted by Crippen LogP contribution is 2.34. The van der Waals surface area contributed by atoms with Crippen molar-refractivity contribution in [2.75, 3.05) is 18.6 Å². The molecule has 0 N–H and O–H groups in total. The molecule has 1 aliphatic rings.